The monoisotopic (exact) mass is 261 g/mol. The Morgan fingerprint density at radius 1 is 1.42 bits per heavy atom. The van der Waals surface area contributed by atoms with Gasteiger partial charge in [-0.2, -0.15) is 0 Å². The Morgan fingerprint density at radius 3 is 2.84 bits per heavy atom. The summed E-state index contributed by atoms with van der Waals surface area (Å²) in [6, 6.07) is 3.87. The Balaban J connectivity index is 1.70. The molecule has 1 aromatic heterocycles. The van der Waals surface area contributed by atoms with E-state index < -0.39 is 0 Å². The molecule has 1 amide bonds. The number of hydrogen-bond acceptors (Lipinski definition) is 4. The van der Waals surface area contributed by atoms with Crippen molar-refractivity contribution in [3.05, 3.63) is 24.2 Å². The Morgan fingerprint density at radius 2 is 2.21 bits per heavy atom. The lowest BCUT2D eigenvalue weighted by molar-refractivity contribution is -0.132. The van der Waals surface area contributed by atoms with E-state index in [4.69, 9.17) is 10.8 Å². The maximum absolute atomic E-state index is 11.9. The van der Waals surface area contributed by atoms with Gasteiger partial charge in [-0.15, -0.1) is 6.42 Å². The Kier molecular flexibility index (Phi) is 5.01. The number of nitrogens with one attached hydrogen (secondary N) is 1. The predicted molar refractivity (Wildman–Crippen MR) is 72.3 cm³/mol. The van der Waals surface area contributed by atoms with Gasteiger partial charge in [-0.3, -0.25) is 15.0 Å². The summed E-state index contributed by atoms with van der Waals surface area (Å²) in [7, 11) is 0. The molecule has 2 rings (SSSR count). The largest absolute Gasteiger partial charge is 0.468 e. The molecule has 0 aromatic carbocycles. The maximum Gasteiger partial charge on any atom is 0.236 e. The second-order valence-electron chi connectivity index (χ2n) is 4.54. The Bertz CT molecular complexity index is 428. The Hall–Kier alpha value is -1.77. The van der Waals surface area contributed by atoms with Gasteiger partial charge in [-0.05, 0) is 12.1 Å². The molecule has 1 fully saturated rings. The quantitative estimate of drug-likeness (QED) is 0.605. The first-order chi connectivity index (χ1) is 9.29. The lowest BCUT2D eigenvalue weighted by Crippen LogP contribution is -2.50. The number of piperazine rings is 1. The minimum absolute atomic E-state index is 0.118. The molecule has 1 N–H and O–H groups in total. The van der Waals surface area contributed by atoms with Gasteiger partial charge >= 0.3 is 0 Å². The van der Waals surface area contributed by atoms with E-state index in [-0.39, 0.29) is 5.91 Å². The van der Waals surface area contributed by atoms with E-state index in [2.05, 4.69) is 16.1 Å². The summed E-state index contributed by atoms with van der Waals surface area (Å²) in [6.45, 7) is 4.84. The van der Waals surface area contributed by atoms with Crippen LogP contribution < -0.4 is 5.32 Å². The molecular weight excluding hydrogens is 242 g/mol. The molecule has 1 saturated heterocycles. The molecule has 1 aromatic rings. The van der Waals surface area contributed by atoms with Gasteiger partial charge in [0.05, 0.1) is 25.9 Å². The van der Waals surface area contributed by atoms with Crippen LogP contribution in [0.25, 0.3) is 0 Å². The zero-order chi connectivity index (χ0) is 13.5. The van der Waals surface area contributed by atoms with Gasteiger partial charge in [0, 0.05) is 26.2 Å². The number of terminal acetylenes is 1. The van der Waals surface area contributed by atoms with Crippen molar-refractivity contribution in [1.29, 1.82) is 0 Å². The molecule has 5 heteroatoms. The van der Waals surface area contributed by atoms with Crippen LogP contribution in [0.3, 0.4) is 0 Å². The maximum atomic E-state index is 11.9. The number of nitrogens with zero attached hydrogens (tertiary/aromatic N) is 2. The first kappa shape index (κ1) is 13.7. The summed E-state index contributed by atoms with van der Waals surface area (Å²) in [5, 5.41) is 2.92. The third-order valence-corrected chi connectivity index (χ3v) is 3.19. The fourth-order valence-corrected chi connectivity index (χ4v) is 2.13. The average molecular weight is 261 g/mol. The van der Waals surface area contributed by atoms with Crippen molar-refractivity contribution in [3.63, 3.8) is 0 Å². The first-order valence-electron chi connectivity index (χ1n) is 6.46. The molecule has 0 saturated carbocycles. The minimum Gasteiger partial charge on any atom is -0.468 e. The summed E-state index contributed by atoms with van der Waals surface area (Å²) in [6.07, 6.45) is 6.81. The molecule has 1 aliphatic rings. The number of furan rings is 1. The van der Waals surface area contributed by atoms with E-state index in [9.17, 15) is 4.79 Å². The van der Waals surface area contributed by atoms with Crippen molar-refractivity contribution >= 4 is 5.91 Å². The van der Waals surface area contributed by atoms with E-state index in [0.717, 1.165) is 38.5 Å². The zero-order valence-corrected chi connectivity index (χ0v) is 11.0. The van der Waals surface area contributed by atoms with Gasteiger partial charge in [0.1, 0.15) is 5.76 Å². The van der Waals surface area contributed by atoms with Gasteiger partial charge in [0.25, 0.3) is 0 Å². The number of rotatable bonds is 5. The normalized spacial score (nSPS) is 16.3. The van der Waals surface area contributed by atoms with Gasteiger partial charge < -0.3 is 9.32 Å². The van der Waals surface area contributed by atoms with Gasteiger partial charge in [0.15, 0.2) is 0 Å². The van der Waals surface area contributed by atoms with Gasteiger partial charge in [-0.25, -0.2) is 0 Å². The highest BCUT2D eigenvalue weighted by atomic mass is 16.3. The molecule has 2 heterocycles. The van der Waals surface area contributed by atoms with E-state index in [1.54, 1.807) is 6.26 Å². The van der Waals surface area contributed by atoms with E-state index in [1.807, 2.05) is 17.0 Å². The van der Waals surface area contributed by atoms with Crippen LogP contribution in [0, 0.1) is 12.3 Å². The number of amides is 1. The van der Waals surface area contributed by atoms with E-state index in [1.165, 1.54) is 0 Å². The first-order valence-corrected chi connectivity index (χ1v) is 6.46. The van der Waals surface area contributed by atoms with Crippen molar-refractivity contribution in [2.45, 2.75) is 6.54 Å². The van der Waals surface area contributed by atoms with Crippen LogP contribution >= 0.6 is 0 Å². The molecule has 0 aliphatic carbocycles. The molecule has 0 atom stereocenters. The molecule has 0 unspecified atom stereocenters. The summed E-state index contributed by atoms with van der Waals surface area (Å²) < 4.78 is 5.33. The van der Waals surface area contributed by atoms with Crippen molar-refractivity contribution < 1.29 is 9.21 Å². The minimum atomic E-state index is 0.118. The third kappa shape index (κ3) is 4.12. The molecule has 0 bridgehead atoms. The van der Waals surface area contributed by atoms with Crippen LogP contribution in [0.1, 0.15) is 5.76 Å². The van der Waals surface area contributed by atoms with Crippen LogP contribution in [0.4, 0.5) is 0 Å². The highest BCUT2D eigenvalue weighted by molar-refractivity contribution is 5.78. The van der Waals surface area contributed by atoms with Crippen LogP contribution in [-0.4, -0.2) is 55.0 Å². The molecule has 1 aliphatic heterocycles. The van der Waals surface area contributed by atoms with Crippen molar-refractivity contribution in [1.82, 2.24) is 15.1 Å². The number of hydrogen-bond donors (Lipinski definition) is 1. The molecular formula is C14H19N3O2. The Labute approximate surface area is 113 Å². The van der Waals surface area contributed by atoms with Crippen molar-refractivity contribution in [2.24, 2.45) is 0 Å². The van der Waals surface area contributed by atoms with Gasteiger partial charge in [-0.1, -0.05) is 5.92 Å². The smallest absolute Gasteiger partial charge is 0.236 e. The van der Waals surface area contributed by atoms with Gasteiger partial charge in [0.2, 0.25) is 5.91 Å². The van der Waals surface area contributed by atoms with E-state index in [0.29, 0.717) is 13.1 Å². The fraction of sp³-hybridized carbons (Fsp3) is 0.500. The predicted octanol–water partition coefficient (Wildman–Crippen LogP) is 0.147. The number of carbonyl (C=O) groups is 1. The second kappa shape index (κ2) is 6.98. The summed E-state index contributed by atoms with van der Waals surface area (Å²) in [5.74, 6) is 3.54. The van der Waals surface area contributed by atoms with Crippen molar-refractivity contribution in [3.8, 4) is 12.3 Å². The summed E-state index contributed by atoms with van der Waals surface area (Å²) in [5.41, 5.74) is 0. The lowest BCUT2D eigenvalue weighted by Gasteiger charge is -2.34. The molecule has 0 radical (unpaired) electrons. The van der Waals surface area contributed by atoms with Crippen LogP contribution in [-0.2, 0) is 11.3 Å². The van der Waals surface area contributed by atoms with E-state index >= 15 is 0 Å². The fourth-order valence-electron chi connectivity index (χ4n) is 2.13. The number of carbonyl (C=O) groups excluding carboxylic acids is 1. The standard InChI is InChI=1S/C14H19N3O2/c1-2-5-15-11-14(18)17-8-6-16(7-9-17)12-13-4-3-10-19-13/h1,3-4,10,15H,5-9,11-12H2. The molecule has 5 nitrogen and oxygen atoms in total. The summed E-state index contributed by atoms with van der Waals surface area (Å²) in [4.78, 5) is 16.0. The third-order valence-electron chi connectivity index (χ3n) is 3.19. The summed E-state index contributed by atoms with van der Waals surface area (Å²) >= 11 is 0. The SMILES string of the molecule is C#CCNCC(=O)N1CCN(Cc2ccco2)CC1. The highest BCUT2D eigenvalue weighted by Crippen LogP contribution is 2.08. The zero-order valence-electron chi connectivity index (χ0n) is 11.0. The molecule has 0 spiro atoms. The molecule has 19 heavy (non-hydrogen) atoms. The highest BCUT2D eigenvalue weighted by Gasteiger charge is 2.20. The van der Waals surface area contributed by atoms with Crippen LogP contribution in [0.15, 0.2) is 22.8 Å². The topological polar surface area (TPSA) is 48.7 Å². The average Bonchev–Trinajstić information content (AvgIpc) is 2.93. The lowest BCUT2D eigenvalue weighted by atomic mass is 10.3. The van der Waals surface area contributed by atoms with Crippen LogP contribution in [0.2, 0.25) is 0 Å². The molecule has 102 valence electrons. The van der Waals surface area contributed by atoms with Crippen molar-refractivity contribution in [2.75, 3.05) is 39.3 Å². The van der Waals surface area contributed by atoms with Crippen LogP contribution in [0.5, 0.6) is 0 Å². The second-order valence-corrected chi connectivity index (χ2v) is 4.54.